The Labute approximate surface area is 160 Å². The van der Waals surface area contributed by atoms with Gasteiger partial charge in [0.15, 0.2) is 0 Å². The van der Waals surface area contributed by atoms with Crippen LogP contribution in [0, 0.1) is 13.8 Å². The summed E-state index contributed by atoms with van der Waals surface area (Å²) in [5.41, 5.74) is 2.96. The fraction of sp³-hybridized carbons (Fsp3) is 0.111. The molecule has 1 aliphatic heterocycles. The highest BCUT2D eigenvalue weighted by Gasteiger charge is 2.39. The fourth-order valence-corrected chi connectivity index (χ4v) is 3.22. The van der Waals surface area contributed by atoms with Crippen LogP contribution < -0.4 is 10.2 Å². The zero-order chi connectivity index (χ0) is 18.3. The molecule has 0 aliphatic carbocycles. The number of amides is 2. The predicted molar refractivity (Wildman–Crippen MR) is 101 cm³/mol. The Morgan fingerprint density at radius 2 is 1.48 bits per heavy atom. The quantitative estimate of drug-likeness (QED) is 0.740. The molecule has 0 fully saturated rings. The number of hydrogen-bond acceptors (Lipinski definition) is 3. The van der Waals surface area contributed by atoms with Gasteiger partial charge in [0.05, 0.1) is 5.69 Å². The van der Waals surface area contributed by atoms with Crippen molar-refractivity contribution in [3.8, 4) is 0 Å². The zero-order valence-electron chi connectivity index (χ0n) is 13.4. The highest BCUT2D eigenvalue weighted by molar-refractivity contribution is 6.53. The average Bonchev–Trinajstić information content (AvgIpc) is 2.73. The van der Waals surface area contributed by atoms with Crippen molar-refractivity contribution in [3.05, 3.63) is 68.3 Å². The molecule has 0 aromatic heterocycles. The number of carbonyl (C=O) groups is 2. The van der Waals surface area contributed by atoms with E-state index in [2.05, 4.69) is 5.32 Å². The molecule has 0 saturated carbocycles. The standard InChI is InChI=1S/C18H13Cl3N2O2/c1-9-3-4-14(5-10(9)2)23-17(24)15(21)16(18(23)25)22-13-7-11(19)6-12(20)8-13/h3-8,22H,1-2H3. The third-order valence-electron chi connectivity index (χ3n) is 3.91. The molecule has 0 unspecified atom stereocenters. The number of rotatable bonds is 3. The Morgan fingerprint density at radius 1 is 0.840 bits per heavy atom. The fourth-order valence-electron chi connectivity index (χ4n) is 2.48. The first-order chi connectivity index (χ1) is 11.8. The second-order valence-corrected chi connectivity index (χ2v) is 6.94. The molecule has 2 aromatic rings. The molecule has 3 rings (SSSR count). The molecule has 4 nitrogen and oxygen atoms in total. The van der Waals surface area contributed by atoms with Gasteiger partial charge in [0.2, 0.25) is 0 Å². The van der Waals surface area contributed by atoms with E-state index >= 15 is 0 Å². The number of aryl methyl sites for hydroxylation is 2. The first-order valence-electron chi connectivity index (χ1n) is 7.37. The van der Waals surface area contributed by atoms with E-state index in [9.17, 15) is 9.59 Å². The van der Waals surface area contributed by atoms with Crippen LogP contribution in [0.5, 0.6) is 0 Å². The second kappa shape index (κ2) is 6.71. The number of halogens is 3. The number of nitrogens with zero attached hydrogens (tertiary/aromatic N) is 1. The third kappa shape index (κ3) is 3.38. The lowest BCUT2D eigenvalue weighted by atomic mass is 10.1. The summed E-state index contributed by atoms with van der Waals surface area (Å²) >= 11 is 18.0. The van der Waals surface area contributed by atoms with Crippen LogP contribution in [0.3, 0.4) is 0 Å². The number of hydrogen-bond donors (Lipinski definition) is 1. The minimum atomic E-state index is -0.578. The van der Waals surface area contributed by atoms with Crippen LogP contribution in [0.2, 0.25) is 10.0 Å². The molecule has 0 atom stereocenters. The Hall–Kier alpha value is -2.01. The summed E-state index contributed by atoms with van der Waals surface area (Å²) < 4.78 is 0. The lowest BCUT2D eigenvalue weighted by molar-refractivity contribution is -0.120. The van der Waals surface area contributed by atoms with E-state index in [1.807, 2.05) is 19.9 Å². The minimum absolute atomic E-state index is 0.0109. The van der Waals surface area contributed by atoms with Gasteiger partial charge >= 0.3 is 0 Å². The van der Waals surface area contributed by atoms with Crippen LogP contribution in [-0.4, -0.2) is 11.8 Å². The smallest absolute Gasteiger partial charge is 0.283 e. The highest BCUT2D eigenvalue weighted by Crippen LogP contribution is 2.32. The molecule has 128 valence electrons. The van der Waals surface area contributed by atoms with Crippen LogP contribution in [0.4, 0.5) is 11.4 Å². The molecule has 0 spiro atoms. The van der Waals surface area contributed by atoms with E-state index in [0.29, 0.717) is 21.4 Å². The van der Waals surface area contributed by atoms with Crippen LogP contribution >= 0.6 is 34.8 Å². The molecule has 2 aromatic carbocycles. The van der Waals surface area contributed by atoms with Gasteiger partial charge in [-0.3, -0.25) is 9.59 Å². The van der Waals surface area contributed by atoms with Crippen LogP contribution in [0.25, 0.3) is 0 Å². The Bertz CT molecular complexity index is 918. The lowest BCUT2D eigenvalue weighted by Gasteiger charge is -2.16. The second-order valence-electron chi connectivity index (χ2n) is 5.69. The van der Waals surface area contributed by atoms with Gasteiger partial charge in [-0.15, -0.1) is 0 Å². The van der Waals surface area contributed by atoms with Crippen molar-refractivity contribution >= 4 is 58.0 Å². The molecule has 7 heteroatoms. The summed E-state index contributed by atoms with van der Waals surface area (Å²) in [6.07, 6.45) is 0. The molecule has 0 saturated heterocycles. The summed E-state index contributed by atoms with van der Waals surface area (Å²) in [4.78, 5) is 26.2. The van der Waals surface area contributed by atoms with Gasteiger partial charge in [0.25, 0.3) is 11.8 Å². The summed E-state index contributed by atoms with van der Waals surface area (Å²) in [5, 5.41) is 3.46. The summed E-state index contributed by atoms with van der Waals surface area (Å²) in [7, 11) is 0. The third-order valence-corrected chi connectivity index (χ3v) is 4.69. The largest absolute Gasteiger partial charge is 0.350 e. The van der Waals surface area contributed by atoms with Crippen molar-refractivity contribution in [2.45, 2.75) is 13.8 Å². The first-order valence-corrected chi connectivity index (χ1v) is 8.50. The normalized spacial score (nSPS) is 14.5. The maximum absolute atomic E-state index is 12.7. The van der Waals surface area contributed by atoms with E-state index in [1.165, 1.54) is 0 Å². The molecule has 0 bridgehead atoms. The first kappa shape index (κ1) is 17.8. The Kier molecular flexibility index (Phi) is 4.78. The van der Waals surface area contributed by atoms with Gasteiger partial charge in [-0.2, -0.15) is 0 Å². The van der Waals surface area contributed by atoms with Gasteiger partial charge in [-0.05, 0) is 55.3 Å². The molecule has 2 amide bonds. The monoisotopic (exact) mass is 394 g/mol. The highest BCUT2D eigenvalue weighted by atomic mass is 35.5. The Balaban J connectivity index is 1.95. The molecule has 0 radical (unpaired) electrons. The zero-order valence-corrected chi connectivity index (χ0v) is 15.6. The maximum atomic E-state index is 12.7. The van der Waals surface area contributed by atoms with Crippen molar-refractivity contribution in [2.75, 3.05) is 10.2 Å². The molecular weight excluding hydrogens is 383 g/mol. The molecule has 1 N–H and O–H groups in total. The summed E-state index contributed by atoms with van der Waals surface area (Å²) in [6, 6.07) is 10.1. The van der Waals surface area contributed by atoms with Gasteiger partial charge in [0.1, 0.15) is 10.7 Å². The minimum Gasteiger partial charge on any atom is -0.350 e. The number of carbonyl (C=O) groups excluding carboxylic acids is 2. The number of nitrogens with one attached hydrogen (secondary N) is 1. The summed E-state index contributed by atoms with van der Waals surface area (Å²) in [5.74, 6) is -1.11. The molecule has 1 aliphatic rings. The van der Waals surface area contributed by atoms with Crippen LogP contribution in [0.1, 0.15) is 11.1 Å². The van der Waals surface area contributed by atoms with E-state index in [4.69, 9.17) is 34.8 Å². The van der Waals surface area contributed by atoms with E-state index < -0.39 is 11.8 Å². The topological polar surface area (TPSA) is 49.4 Å². The van der Waals surface area contributed by atoms with Crippen LogP contribution in [-0.2, 0) is 9.59 Å². The van der Waals surface area contributed by atoms with E-state index in [0.717, 1.165) is 16.0 Å². The SMILES string of the molecule is Cc1ccc(N2C(=O)C(Cl)=C(Nc3cc(Cl)cc(Cl)c3)C2=O)cc1C. The Morgan fingerprint density at radius 3 is 2.08 bits per heavy atom. The molecular formula is C18H13Cl3N2O2. The van der Waals surface area contributed by atoms with Crippen molar-refractivity contribution in [3.63, 3.8) is 0 Å². The number of anilines is 2. The number of benzene rings is 2. The van der Waals surface area contributed by atoms with E-state index in [1.54, 1.807) is 30.3 Å². The van der Waals surface area contributed by atoms with Gasteiger partial charge in [0, 0.05) is 15.7 Å². The van der Waals surface area contributed by atoms with Crippen molar-refractivity contribution in [2.24, 2.45) is 0 Å². The van der Waals surface area contributed by atoms with Crippen molar-refractivity contribution in [1.29, 1.82) is 0 Å². The predicted octanol–water partition coefficient (Wildman–Crippen LogP) is 5.05. The van der Waals surface area contributed by atoms with Crippen molar-refractivity contribution < 1.29 is 9.59 Å². The molecule has 25 heavy (non-hydrogen) atoms. The van der Waals surface area contributed by atoms with E-state index in [-0.39, 0.29) is 10.7 Å². The van der Waals surface area contributed by atoms with Gasteiger partial charge in [-0.1, -0.05) is 40.9 Å². The van der Waals surface area contributed by atoms with Gasteiger partial charge in [-0.25, -0.2) is 4.90 Å². The maximum Gasteiger partial charge on any atom is 0.283 e. The lowest BCUT2D eigenvalue weighted by Crippen LogP contribution is -2.32. The molecule has 1 heterocycles. The summed E-state index contributed by atoms with van der Waals surface area (Å²) in [6.45, 7) is 3.86. The van der Waals surface area contributed by atoms with Crippen LogP contribution in [0.15, 0.2) is 47.1 Å². The van der Waals surface area contributed by atoms with Crippen molar-refractivity contribution in [1.82, 2.24) is 0 Å². The average molecular weight is 396 g/mol. The number of imide groups is 1. The van der Waals surface area contributed by atoms with Gasteiger partial charge < -0.3 is 5.32 Å².